The predicted octanol–water partition coefficient (Wildman–Crippen LogP) is 4.11. The molecule has 2 fully saturated rings. The Labute approximate surface area is 167 Å². The lowest BCUT2D eigenvalue weighted by molar-refractivity contribution is -0.125. The molecule has 0 aromatic heterocycles. The molecule has 1 saturated carbocycles. The molecule has 5 heteroatoms. The van der Waals surface area contributed by atoms with Gasteiger partial charge in [-0.15, -0.1) is 0 Å². The van der Waals surface area contributed by atoms with Gasteiger partial charge >= 0.3 is 6.09 Å². The van der Waals surface area contributed by atoms with Crippen molar-refractivity contribution < 1.29 is 19.1 Å². The van der Waals surface area contributed by atoms with E-state index in [1.165, 1.54) is 0 Å². The number of aryl methyl sites for hydroxylation is 3. The number of benzene rings is 1. The van der Waals surface area contributed by atoms with Crippen LogP contribution in [0.2, 0.25) is 0 Å². The van der Waals surface area contributed by atoms with E-state index in [1.54, 1.807) is 11.8 Å². The molecule has 1 aliphatic carbocycles. The van der Waals surface area contributed by atoms with Crippen molar-refractivity contribution in [1.29, 1.82) is 0 Å². The van der Waals surface area contributed by atoms with Crippen molar-refractivity contribution in [2.75, 3.05) is 19.7 Å². The van der Waals surface area contributed by atoms with Crippen LogP contribution in [0.1, 0.15) is 60.8 Å². The molecule has 2 atom stereocenters. The Morgan fingerprint density at radius 2 is 1.71 bits per heavy atom. The van der Waals surface area contributed by atoms with Gasteiger partial charge in [0, 0.05) is 25.4 Å². The molecular weight excluding hydrogens is 354 g/mol. The van der Waals surface area contributed by atoms with Crippen LogP contribution in [0.3, 0.4) is 0 Å². The number of nitrogens with zero attached hydrogens (tertiary/aromatic N) is 1. The number of carbonyl (C=O) groups is 3. The highest BCUT2D eigenvalue weighted by molar-refractivity contribution is 6.15. The molecule has 1 heterocycles. The molecule has 28 heavy (non-hydrogen) atoms. The van der Waals surface area contributed by atoms with E-state index >= 15 is 0 Å². The van der Waals surface area contributed by atoms with Crippen LogP contribution in [-0.4, -0.2) is 42.3 Å². The Kier molecular flexibility index (Phi) is 6.21. The van der Waals surface area contributed by atoms with E-state index in [0.717, 1.165) is 41.5 Å². The number of hydrogen-bond donors (Lipinski definition) is 0. The Morgan fingerprint density at radius 1 is 1.11 bits per heavy atom. The SMILES string of the molecule is CCOC(=O)N1CCC(CC2CC(=O)C(c3c(C)cc(C)cc3C)C2=O)CC1. The number of rotatable bonds is 4. The van der Waals surface area contributed by atoms with Gasteiger partial charge in [0.15, 0.2) is 5.78 Å². The van der Waals surface area contributed by atoms with E-state index in [2.05, 4.69) is 12.1 Å². The van der Waals surface area contributed by atoms with Crippen LogP contribution in [0.5, 0.6) is 0 Å². The molecule has 1 aromatic rings. The lowest BCUT2D eigenvalue weighted by Crippen LogP contribution is -2.39. The average Bonchev–Trinajstić information content (AvgIpc) is 2.89. The van der Waals surface area contributed by atoms with E-state index in [4.69, 9.17) is 4.74 Å². The smallest absolute Gasteiger partial charge is 0.409 e. The number of likely N-dealkylation sites (tertiary alicyclic amines) is 1. The van der Waals surface area contributed by atoms with E-state index in [-0.39, 0.29) is 23.6 Å². The molecule has 1 aliphatic heterocycles. The van der Waals surface area contributed by atoms with Crippen LogP contribution in [0.4, 0.5) is 4.79 Å². The first kappa shape index (κ1) is 20.6. The zero-order valence-electron chi connectivity index (χ0n) is 17.4. The number of Topliss-reactive ketones (excluding diaryl/α,β-unsaturated/α-hetero) is 2. The molecule has 152 valence electrons. The largest absolute Gasteiger partial charge is 0.450 e. The Morgan fingerprint density at radius 3 is 2.29 bits per heavy atom. The fraction of sp³-hybridized carbons (Fsp3) is 0.609. The summed E-state index contributed by atoms with van der Waals surface area (Å²) in [6, 6.07) is 4.11. The van der Waals surface area contributed by atoms with Gasteiger partial charge in [-0.2, -0.15) is 0 Å². The van der Waals surface area contributed by atoms with Crippen LogP contribution in [0, 0.1) is 32.6 Å². The van der Waals surface area contributed by atoms with Gasteiger partial charge in [0.25, 0.3) is 0 Å². The zero-order valence-corrected chi connectivity index (χ0v) is 17.4. The van der Waals surface area contributed by atoms with Gasteiger partial charge < -0.3 is 9.64 Å². The summed E-state index contributed by atoms with van der Waals surface area (Å²) in [5.41, 5.74) is 4.14. The van der Waals surface area contributed by atoms with Gasteiger partial charge in [0.1, 0.15) is 11.7 Å². The van der Waals surface area contributed by atoms with Crippen molar-refractivity contribution in [3.05, 3.63) is 34.4 Å². The predicted molar refractivity (Wildman–Crippen MR) is 107 cm³/mol. The van der Waals surface area contributed by atoms with Gasteiger partial charge in [-0.25, -0.2) is 4.79 Å². The van der Waals surface area contributed by atoms with Crippen LogP contribution < -0.4 is 0 Å². The second kappa shape index (κ2) is 8.46. The standard InChI is InChI=1S/C23H31NO4/c1-5-28-23(27)24-8-6-17(7-9-24)12-18-13-19(25)21(22(18)26)20-15(3)10-14(2)11-16(20)4/h10-11,17-18,21H,5-9,12-13H2,1-4H3. The van der Waals surface area contributed by atoms with E-state index in [1.807, 2.05) is 20.8 Å². The maximum absolute atomic E-state index is 13.1. The van der Waals surface area contributed by atoms with Crippen LogP contribution in [0.15, 0.2) is 12.1 Å². The van der Waals surface area contributed by atoms with E-state index < -0.39 is 5.92 Å². The van der Waals surface area contributed by atoms with E-state index in [9.17, 15) is 14.4 Å². The fourth-order valence-electron chi connectivity index (χ4n) is 4.97. The fourth-order valence-corrected chi connectivity index (χ4v) is 4.97. The second-order valence-corrected chi connectivity index (χ2v) is 8.38. The van der Waals surface area contributed by atoms with Crippen molar-refractivity contribution >= 4 is 17.7 Å². The molecule has 1 amide bonds. The minimum absolute atomic E-state index is 0.0639. The molecule has 2 aliphatic rings. The highest BCUT2D eigenvalue weighted by Gasteiger charge is 2.44. The Bertz CT molecular complexity index is 754. The molecule has 5 nitrogen and oxygen atoms in total. The minimum atomic E-state index is -0.592. The molecule has 3 rings (SSSR count). The number of hydrogen-bond acceptors (Lipinski definition) is 4. The first-order valence-electron chi connectivity index (χ1n) is 10.4. The quantitative estimate of drug-likeness (QED) is 0.732. The van der Waals surface area contributed by atoms with Gasteiger partial charge in [-0.3, -0.25) is 9.59 Å². The topological polar surface area (TPSA) is 63.7 Å². The highest BCUT2D eigenvalue weighted by Crippen LogP contribution is 2.39. The van der Waals surface area contributed by atoms with Gasteiger partial charge in [-0.05, 0) is 69.6 Å². The van der Waals surface area contributed by atoms with Crippen molar-refractivity contribution in [3.63, 3.8) is 0 Å². The Hall–Kier alpha value is -2.17. The molecule has 0 radical (unpaired) electrons. The molecule has 0 N–H and O–H groups in total. The lowest BCUT2D eigenvalue weighted by atomic mass is 9.83. The summed E-state index contributed by atoms with van der Waals surface area (Å²) in [6.45, 7) is 9.55. The number of ether oxygens (including phenoxy) is 1. The summed E-state index contributed by atoms with van der Waals surface area (Å²) in [7, 11) is 0. The first-order valence-corrected chi connectivity index (χ1v) is 10.4. The van der Waals surface area contributed by atoms with Crippen molar-refractivity contribution in [3.8, 4) is 0 Å². The van der Waals surface area contributed by atoms with Crippen molar-refractivity contribution in [2.45, 2.75) is 59.3 Å². The summed E-state index contributed by atoms with van der Waals surface area (Å²) >= 11 is 0. The molecule has 0 spiro atoms. The second-order valence-electron chi connectivity index (χ2n) is 8.38. The molecule has 1 saturated heterocycles. The summed E-state index contributed by atoms with van der Waals surface area (Å²) < 4.78 is 5.06. The van der Waals surface area contributed by atoms with Gasteiger partial charge in [-0.1, -0.05) is 17.7 Å². The Balaban J connectivity index is 1.65. The molecule has 0 bridgehead atoms. The molecule has 1 aromatic carbocycles. The van der Waals surface area contributed by atoms with Crippen molar-refractivity contribution in [2.24, 2.45) is 11.8 Å². The minimum Gasteiger partial charge on any atom is -0.450 e. The van der Waals surface area contributed by atoms with Crippen LogP contribution in [-0.2, 0) is 14.3 Å². The van der Waals surface area contributed by atoms with E-state index in [0.29, 0.717) is 32.0 Å². The van der Waals surface area contributed by atoms with Gasteiger partial charge in [0.05, 0.1) is 6.61 Å². The maximum Gasteiger partial charge on any atom is 0.409 e. The molecular formula is C23H31NO4. The monoisotopic (exact) mass is 385 g/mol. The zero-order chi connectivity index (χ0) is 20.4. The first-order chi connectivity index (χ1) is 13.3. The number of piperidine rings is 1. The molecule has 2 unspecified atom stereocenters. The number of ketones is 2. The average molecular weight is 386 g/mol. The third kappa shape index (κ3) is 4.13. The van der Waals surface area contributed by atoms with Crippen molar-refractivity contribution in [1.82, 2.24) is 4.90 Å². The van der Waals surface area contributed by atoms with Gasteiger partial charge in [0.2, 0.25) is 0 Å². The third-order valence-corrected chi connectivity index (χ3v) is 6.24. The number of carbonyl (C=O) groups excluding carboxylic acids is 3. The highest BCUT2D eigenvalue weighted by atomic mass is 16.6. The summed E-state index contributed by atoms with van der Waals surface area (Å²) in [6.07, 6.45) is 2.59. The van der Waals surface area contributed by atoms with Crippen LogP contribution >= 0.6 is 0 Å². The lowest BCUT2D eigenvalue weighted by Gasteiger charge is -2.32. The number of amides is 1. The summed E-state index contributed by atoms with van der Waals surface area (Å²) in [4.78, 5) is 39.5. The normalized spacial score (nSPS) is 23.4. The maximum atomic E-state index is 13.1. The van der Waals surface area contributed by atoms with Crippen LogP contribution in [0.25, 0.3) is 0 Å². The summed E-state index contributed by atoms with van der Waals surface area (Å²) in [5, 5.41) is 0. The third-order valence-electron chi connectivity index (χ3n) is 6.24. The summed E-state index contributed by atoms with van der Waals surface area (Å²) in [5.74, 6) is -0.241.